The van der Waals surface area contributed by atoms with Crippen molar-refractivity contribution >= 4 is 6.09 Å². The lowest BCUT2D eigenvalue weighted by Crippen LogP contribution is -2.45. The van der Waals surface area contributed by atoms with Crippen LogP contribution in [0.3, 0.4) is 0 Å². The number of carbonyl (C=O) groups excluding carboxylic acids is 1. The minimum absolute atomic E-state index is 0.142. The van der Waals surface area contributed by atoms with Crippen LogP contribution < -0.4 is 0 Å². The molecule has 2 unspecified atom stereocenters. The van der Waals surface area contributed by atoms with Crippen molar-refractivity contribution in [1.29, 1.82) is 0 Å². The number of likely N-dealkylation sites (tertiary alicyclic amines) is 1. The quantitative estimate of drug-likeness (QED) is 0.825. The van der Waals surface area contributed by atoms with Gasteiger partial charge in [0.05, 0.1) is 12.7 Å². The summed E-state index contributed by atoms with van der Waals surface area (Å²) in [6.07, 6.45) is 3.21. The lowest BCUT2D eigenvalue weighted by molar-refractivity contribution is 0.0498. The Kier molecular flexibility index (Phi) is 5.75. The molecule has 1 saturated heterocycles. The molecule has 100 valence electrons. The zero-order chi connectivity index (χ0) is 12.8. The highest BCUT2D eigenvalue weighted by Crippen LogP contribution is 2.21. The Balaban J connectivity index is 2.48. The van der Waals surface area contributed by atoms with E-state index in [-0.39, 0.29) is 18.2 Å². The summed E-state index contributed by atoms with van der Waals surface area (Å²) in [5.74, 6) is 0.360. The summed E-state index contributed by atoms with van der Waals surface area (Å²) >= 11 is 0. The first-order valence-corrected chi connectivity index (χ1v) is 6.62. The van der Waals surface area contributed by atoms with Crippen LogP contribution in [0.4, 0.5) is 4.79 Å². The number of aliphatic hydroxyl groups is 1. The van der Waals surface area contributed by atoms with Gasteiger partial charge in [0.2, 0.25) is 0 Å². The topological polar surface area (TPSA) is 49.8 Å². The van der Waals surface area contributed by atoms with Crippen LogP contribution in [-0.4, -0.2) is 41.4 Å². The second kappa shape index (κ2) is 6.84. The average molecular weight is 243 g/mol. The number of piperidine rings is 1. The van der Waals surface area contributed by atoms with E-state index < -0.39 is 0 Å². The number of hydrogen-bond donors (Lipinski definition) is 1. The van der Waals surface area contributed by atoms with E-state index in [2.05, 4.69) is 0 Å². The molecule has 0 spiro atoms. The summed E-state index contributed by atoms with van der Waals surface area (Å²) < 4.78 is 5.26. The molecule has 0 aromatic carbocycles. The fourth-order valence-corrected chi connectivity index (χ4v) is 2.20. The van der Waals surface area contributed by atoms with E-state index in [1.807, 2.05) is 13.8 Å². The van der Waals surface area contributed by atoms with Gasteiger partial charge in [-0.2, -0.15) is 0 Å². The summed E-state index contributed by atoms with van der Waals surface area (Å²) in [5.41, 5.74) is 0. The molecule has 0 bridgehead atoms. The van der Waals surface area contributed by atoms with Crippen LogP contribution in [0.15, 0.2) is 0 Å². The predicted molar refractivity (Wildman–Crippen MR) is 66.8 cm³/mol. The van der Waals surface area contributed by atoms with E-state index in [0.29, 0.717) is 18.9 Å². The summed E-state index contributed by atoms with van der Waals surface area (Å²) in [6, 6.07) is 0.142. The van der Waals surface area contributed by atoms with Crippen molar-refractivity contribution in [2.75, 3.05) is 13.2 Å². The maximum atomic E-state index is 11.9. The number of ether oxygens (including phenoxy) is 1. The van der Waals surface area contributed by atoms with Gasteiger partial charge in [0.1, 0.15) is 0 Å². The second-order valence-electron chi connectivity index (χ2n) is 5.40. The van der Waals surface area contributed by atoms with Crippen LogP contribution in [-0.2, 0) is 4.74 Å². The predicted octanol–water partition coefficient (Wildman–Crippen LogP) is 2.40. The van der Waals surface area contributed by atoms with Gasteiger partial charge >= 0.3 is 6.09 Å². The Bertz CT molecular complexity index is 241. The van der Waals surface area contributed by atoms with E-state index >= 15 is 0 Å². The third kappa shape index (κ3) is 4.94. The Labute approximate surface area is 104 Å². The molecule has 0 aliphatic carbocycles. The van der Waals surface area contributed by atoms with Crippen molar-refractivity contribution in [2.45, 2.75) is 58.6 Å². The van der Waals surface area contributed by atoms with E-state index in [1.165, 1.54) is 0 Å². The zero-order valence-electron chi connectivity index (χ0n) is 11.2. The molecule has 1 N–H and O–H groups in total. The fraction of sp³-hybridized carbons (Fsp3) is 0.923. The van der Waals surface area contributed by atoms with Crippen molar-refractivity contribution in [3.05, 3.63) is 0 Å². The third-order valence-corrected chi connectivity index (χ3v) is 3.01. The fourth-order valence-electron chi connectivity index (χ4n) is 2.20. The number of aliphatic hydroxyl groups excluding tert-OH is 1. The minimum atomic E-state index is -0.363. The monoisotopic (exact) mass is 243 g/mol. The molecule has 1 fully saturated rings. The Hall–Kier alpha value is -0.770. The number of amides is 1. The Morgan fingerprint density at radius 3 is 2.71 bits per heavy atom. The average Bonchev–Trinajstić information content (AvgIpc) is 2.25. The van der Waals surface area contributed by atoms with E-state index in [4.69, 9.17) is 4.74 Å². The molecule has 1 rings (SSSR count). The van der Waals surface area contributed by atoms with Gasteiger partial charge in [-0.1, -0.05) is 13.8 Å². The highest BCUT2D eigenvalue weighted by atomic mass is 16.6. The minimum Gasteiger partial charge on any atom is -0.449 e. The second-order valence-corrected chi connectivity index (χ2v) is 5.40. The van der Waals surface area contributed by atoms with Crippen LogP contribution in [0.1, 0.15) is 46.5 Å². The van der Waals surface area contributed by atoms with Gasteiger partial charge in [0.25, 0.3) is 0 Å². The van der Waals surface area contributed by atoms with Gasteiger partial charge in [-0.05, 0) is 38.5 Å². The van der Waals surface area contributed by atoms with Crippen LogP contribution in [0, 0.1) is 5.92 Å². The lowest BCUT2D eigenvalue weighted by Gasteiger charge is -2.35. The standard InChI is InChI=1S/C13H25NO3/c1-10(2)9-17-13(16)14-7-5-4-6-12(14)8-11(3)15/h10-12,15H,4-9H2,1-3H3. The molecule has 1 amide bonds. The number of nitrogens with zero attached hydrogens (tertiary/aromatic N) is 1. The number of rotatable bonds is 4. The molecule has 0 aromatic rings. The van der Waals surface area contributed by atoms with Gasteiger partial charge in [-0.15, -0.1) is 0 Å². The molecule has 0 saturated carbocycles. The van der Waals surface area contributed by atoms with Crippen molar-refractivity contribution in [2.24, 2.45) is 5.92 Å². The van der Waals surface area contributed by atoms with Gasteiger partial charge in [-0.25, -0.2) is 4.79 Å². The van der Waals surface area contributed by atoms with Crippen LogP contribution in [0.5, 0.6) is 0 Å². The summed E-state index contributed by atoms with van der Waals surface area (Å²) in [6.45, 7) is 7.05. The SMILES string of the molecule is CC(C)COC(=O)N1CCCCC1CC(C)O. The van der Waals surface area contributed by atoms with Gasteiger partial charge in [0.15, 0.2) is 0 Å². The largest absolute Gasteiger partial charge is 0.449 e. The van der Waals surface area contributed by atoms with Crippen LogP contribution in [0.2, 0.25) is 0 Å². The normalized spacial score (nSPS) is 22.6. The van der Waals surface area contributed by atoms with Crippen molar-refractivity contribution < 1.29 is 14.6 Å². The highest BCUT2D eigenvalue weighted by molar-refractivity contribution is 5.68. The Morgan fingerprint density at radius 1 is 1.41 bits per heavy atom. The zero-order valence-corrected chi connectivity index (χ0v) is 11.2. The van der Waals surface area contributed by atoms with Crippen molar-refractivity contribution in [3.8, 4) is 0 Å². The summed E-state index contributed by atoms with van der Waals surface area (Å²) in [4.78, 5) is 13.7. The first-order valence-electron chi connectivity index (χ1n) is 6.62. The highest BCUT2D eigenvalue weighted by Gasteiger charge is 2.28. The van der Waals surface area contributed by atoms with E-state index in [1.54, 1.807) is 11.8 Å². The molecule has 17 heavy (non-hydrogen) atoms. The van der Waals surface area contributed by atoms with Crippen molar-refractivity contribution in [3.63, 3.8) is 0 Å². The van der Waals surface area contributed by atoms with E-state index in [9.17, 15) is 9.90 Å². The van der Waals surface area contributed by atoms with E-state index in [0.717, 1.165) is 25.8 Å². The molecular formula is C13H25NO3. The number of hydrogen-bond acceptors (Lipinski definition) is 3. The van der Waals surface area contributed by atoms with Crippen molar-refractivity contribution in [1.82, 2.24) is 4.90 Å². The van der Waals surface area contributed by atoms with Gasteiger partial charge < -0.3 is 14.7 Å². The van der Waals surface area contributed by atoms with Gasteiger partial charge in [-0.3, -0.25) is 0 Å². The summed E-state index contributed by atoms with van der Waals surface area (Å²) in [7, 11) is 0. The lowest BCUT2D eigenvalue weighted by atomic mass is 9.98. The molecule has 1 aliphatic heterocycles. The molecule has 1 aliphatic rings. The number of carbonyl (C=O) groups is 1. The summed E-state index contributed by atoms with van der Waals surface area (Å²) in [5, 5.41) is 9.44. The maximum absolute atomic E-state index is 11.9. The molecule has 4 nitrogen and oxygen atoms in total. The molecule has 1 heterocycles. The maximum Gasteiger partial charge on any atom is 0.410 e. The molecule has 4 heteroatoms. The Morgan fingerprint density at radius 2 is 2.12 bits per heavy atom. The first-order chi connectivity index (χ1) is 8.00. The molecule has 0 aromatic heterocycles. The third-order valence-electron chi connectivity index (χ3n) is 3.01. The molecular weight excluding hydrogens is 218 g/mol. The molecule has 0 radical (unpaired) electrons. The van der Waals surface area contributed by atoms with Crippen LogP contribution >= 0.6 is 0 Å². The molecule has 2 atom stereocenters. The first kappa shape index (κ1) is 14.3. The van der Waals surface area contributed by atoms with Crippen LogP contribution in [0.25, 0.3) is 0 Å². The smallest absolute Gasteiger partial charge is 0.410 e. The van der Waals surface area contributed by atoms with Gasteiger partial charge in [0, 0.05) is 12.6 Å².